The Morgan fingerprint density at radius 2 is 1.95 bits per heavy atom. The maximum Gasteiger partial charge on any atom is 0.252 e. The van der Waals surface area contributed by atoms with Crippen LogP contribution >= 0.6 is 0 Å². The molecule has 0 heterocycles. The second-order valence-corrected chi connectivity index (χ2v) is 11.5. The highest BCUT2D eigenvalue weighted by Crippen LogP contribution is 2.36. The fourth-order valence-electron chi connectivity index (χ4n) is 1.65. The fourth-order valence-corrected chi connectivity index (χ4v) is 2.73. The molecule has 0 N–H and O–H groups in total. The molecule has 0 aliphatic rings. The first kappa shape index (κ1) is 19.2. The first-order valence-corrected chi connectivity index (χ1v) is 10.1. The Balaban J connectivity index is 4.16. The van der Waals surface area contributed by atoms with Crippen LogP contribution in [0.5, 0.6) is 0 Å². The van der Waals surface area contributed by atoms with Crippen molar-refractivity contribution in [2.75, 3.05) is 6.61 Å². The van der Waals surface area contributed by atoms with Crippen molar-refractivity contribution in [2.24, 2.45) is 5.92 Å². The fraction of sp³-hybridized carbons (Fsp3) is 0.800. The summed E-state index contributed by atoms with van der Waals surface area (Å²) >= 11 is 0. The zero-order valence-corrected chi connectivity index (χ0v) is 14.7. The molecule has 0 aromatic carbocycles. The standard InChI is InChI=1S/C15H30O4Si/c1-8-13(12(2)19-14(16)17)10-9-11-18-20(6,7)15(3,4)5/h8,12-13H,1,9-11H2,2-7H3,(H,16,17)/p-1. The van der Waals surface area contributed by atoms with Crippen LogP contribution in [0.2, 0.25) is 18.1 Å². The zero-order valence-electron chi connectivity index (χ0n) is 13.7. The van der Waals surface area contributed by atoms with E-state index in [0.29, 0.717) is 6.61 Å². The van der Waals surface area contributed by atoms with Crippen LogP contribution in [0.25, 0.3) is 0 Å². The van der Waals surface area contributed by atoms with Crippen molar-refractivity contribution < 1.29 is 19.1 Å². The summed E-state index contributed by atoms with van der Waals surface area (Å²) in [5.41, 5.74) is 0. The van der Waals surface area contributed by atoms with Crippen molar-refractivity contribution >= 4 is 14.5 Å². The third-order valence-corrected chi connectivity index (χ3v) is 8.68. The number of carbonyl (C=O) groups excluding carboxylic acids is 1. The van der Waals surface area contributed by atoms with E-state index in [1.807, 2.05) is 0 Å². The highest BCUT2D eigenvalue weighted by atomic mass is 28.4. The van der Waals surface area contributed by atoms with Gasteiger partial charge in [-0.3, -0.25) is 0 Å². The van der Waals surface area contributed by atoms with Crippen molar-refractivity contribution in [3.8, 4) is 0 Å². The third-order valence-electron chi connectivity index (χ3n) is 4.14. The lowest BCUT2D eigenvalue weighted by Crippen LogP contribution is -2.41. The van der Waals surface area contributed by atoms with Gasteiger partial charge < -0.3 is 19.1 Å². The average molecular weight is 301 g/mol. The largest absolute Gasteiger partial charge is 0.546 e. The van der Waals surface area contributed by atoms with E-state index >= 15 is 0 Å². The summed E-state index contributed by atoms with van der Waals surface area (Å²) in [5.74, 6) is -0.00378. The molecule has 0 spiro atoms. The molecule has 118 valence electrons. The molecule has 0 aliphatic heterocycles. The topological polar surface area (TPSA) is 58.6 Å². The quantitative estimate of drug-likeness (QED) is 0.298. The van der Waals surface area contributed by atoms with Gasteiger partial charge in [0.1, 0.15) is 0 Å². The van der Waals surface area contributed by atoms with Gasteiger partial charge in [0.25, 0.3) is 6.16 Å². The highest BCUT2D eigenvalue weighted by Gasteiger charge is 2.36. The third kappa shape index (κ3) is 6.57. The van der Waals surface area contributed by atoms with Gasteiger partial charge in [-0.1, -0.05) is 26.8 Å². The van der Waals surface area contributed by atoms with Gasteiger partial charge in [-0.25, -0.2) is 0 Å². The Morgan fingerprint density at radius 3 is 2.35 bits per heavy atom. The highest BCUT2D eigenvalue weighted by molar-refractivity contribution is 6.74. The van der Waals surface area contributed by atoms with Crippen LogP contribution in [0.1, 0.15) is 40.5 Å². The number of rotatable bonds is 8. The molecule has 0 aliphatic carbocycles. The molecule has 2 unspecified atom stereocenters. The number of carbonyl (C=O) groups is 1. The van der Waals surface area contributed by atoms with E-state index in [2.05, 4.69) is 45.2 Å². The van der Waals surface area contributed by atoms with E-state index in [0.717, 1.165) is 12.8 Å². The van der Waals surface area contributed by atoms with Crippen LogP contribution < -0.4 is 5.11 Å². The van der Waals surface area contributed by atoms with Crippen LogP contribution in [0.3, 0.4) is 0 Å². The van der Waals surface area contributed by atoms with E-state index in [1.54, 1.807) is 13.0 Å². The van der Waals surface area contributed by atoms with Gasteiger partial charge in [0.05, 0.1) is 0 Å². The predicted octanol–water partition coefficient (Wildman–Crippen LogP) is 3.34. The van der Waals surface area contributed by atoms with Gasteiger partial charge in [0, 0.05) is 12.7 Å². The lowest BCUT2D eigenvalue weighted by molar-refractivity contribution is -0.288. The first-order chi connectivity index (χ1) is 9.01. The molecule has 0 saturated heterocycles. The summed E-state index contributed by atoms with van der Waals surface area (Å²) in [6.07, 6.45) is 1.49. The molecule has 0 fully saturated rings. The Bertz CT molecular complexity index is 320. The van der Waals surface area contributed by atoms with Gasteiger partial charge in [0.2, 0.25) is 0 Å². The van der Waals surface area contributed by atoms with E-state index in [9.17, 15) is 9.90 Å². The number of hydrogen-bond donors (Lipinski definition) is 0. The summed E-state index contributed by atoms with van der Waals surface area (Å²) in [5, 5.41) is 10.6. The maximum atomic E-state index is 10.4. The monoisotopic (exact) mass is 301 g/mol. The number of hydrogen-bond acceptors (Lipinski definition) is 4. The van der Waals surface area contributed by atoms with Crippen molar-refractivity contribution in [3.63, 3.8) is 0 Å². The van der Waals surface area contributed by atoms with Crippen molar-refractivity contribution in [3.05, 3.63) is 12.7 Å². The van der Waals surface area contributed by atoms with Crippen LogP contribution in [0, 0.1) is 5.92 Å². The molecule has 0 amide bonds. The van der Waals surface area contributed by atoms with Gasteiger partial charge in [-0.2, -0.15) is 0 Å². The molecule has 0 rings (SSSR count). The molecular weight excluding hydrogens is 272 g/mol. The smallest absolute Gasteiger partial charge is 0.252 e. The minimum absolute atomic E-state index is 0.00378. The predicted molar refractivity (Wildman–Crippen MR) is 82.0 cm³/mol. The molecule has 4 nitrogen and oxygen atoms in total. The summed E-state index contributed by atoms with van der Waals surface area (Å²) in [7, 11) is -1.70. The van der Waals surface area contributed by atoms with E-state index in [-0.39, 0.29) is 11.0 Å². The molecule has 2 atom stereocenters. The molecule has 0 radical (unpaired) electrons. The Labute approximate surface area is 124 Å². The van der Waals surface area contributed by atoms with E-state index < -0.39 is 20.6 Å². The first-order valence-electron chi connectivity index (χ1n) is 7.15. The lowest BCUT2D eigenvalue weighted by atomic mass is 9.98. The van der Waals surface area contributed by atoms with E-state index in [1.165, 1.54) is 0 Å². The maximum absolute atomic E-state index is 10.4. The molecule has 0 aromatic heterocycles. The number of ether oxygens (including phenoxy) is 1. The summed E-state index contributed by atoms with van der Waals surface area (Å²) in [6.45, 7) is 17.2. The molecule has 20 heavy (non-hydrogen) atoms. The minimum atomic E-state index is -1.70. The zero-order chi connectivity index (χ0) is 16.0. The van der Waals surface area contributed by atoms with Crippen molar-refractivity contribution in [2.45, 2.75) is 64.8 Å². The van der Waals surface area contributed by atoms with Crippen LogP contribution in [0.15, 0.2) is 12.7 Å². The lowest BCUT2D eigenvalue weighted by Gasteiger charge is -2.36. The Morgan fingerprint density at radius 1 is 1.40 bits per heavy atom. The van der Waals surface area contributed by atoms with Gasteiger partial charge in [-0.15, -0.1) is 6.58 Å². The second kappa shape index (κ2) is 7.83. The molecule has 0 aromatic rings. The van der Waals surface area contributed by atoms with E-state index in [4.69, 9.17) is 4.43 Å². The molecular formula is C15H29O4Si-. The Hall–Kier alpha value is -0.813. The van der Waals surface area contributed by atoms with Crippen LogP contribution in [-0.4, -0.2) is 27.2 Å². The van der Waals surface area contributed by atoms with Crippen molar-refractivity contribution in [1.29, 1.82) is 0 Å². The summed E-state index contributed by atoms with van der Waals surface area (Å²) < 4.78 is 10.7. The number of carboxylic acid groups (broad SMARTS) is 1. The van der Waals surface area contributed by atoms with Gasteiger partial charge in [-0.05, 0) is 43.8 Å². The van der Waals surface area contributed by atoms with Gasteiger partial charge >= 0.3 is 0 Å². The van der Waals surface area contributed by atoms with Crippen LogP contribution in [-0.2, 0) is 9.16 Å². The van der Waals surface area contributed by atoms with Gasteiger partial charge in [0.15, 0.2) is 8.32 Å². The average Bonchev–Trinajstić information content (AvgIpc) is 2.26. The summed E-state index contributed by atoms with van der Waals surface area (Å²) in [6, 6.07) is 0. The normalized spacial score (nSPS) is 15.5. The molecule has 0 bridgehead atoms. The molecule has 0 saturated carbocycles. The Kier molecular flexibility index (Phi) is 7.52. The van der Waals surface area contributed by atoms with Crippen LogP contribution in [0.4, 0.5) is 4.79 Å². The molecule has 5 heteroatoms. The SMILES string of the molecule is C=CC(CCCO[Si](C)(C)C(C)(C)C)C(C)OC(=O)[O-]. The summed E-state index contributed by atoms with van der Waals surface area (Å²) in [4.78, 5) is 10.4. The van der Waals surface area contributed by atoms with Crippen molar-refractivity contribution in [1.82, 2.24) is 0 Å². The second-order valence-electron chi connectivity index (χ2n) is 6.72. The minimum Gasteiger partial charge on any atom is -0.546 e.